The molecule has 2 fully saturated rings. The molecule has 4 rings (SSSR count). The van der Waals surface area contributed by atoms with Crippen molar-refractivity contribution in [1.29, 1.82) is 0 Å². The van der Waals surface area contributed by atoms with Gasteiger partial charge in [0.05, 0.1) is 0 Å². The maximum absolute atomic E-state index is 13.5. The number of hydrazine groups is 1. The van der Waals surface area contributed by atoms with E-state index >= 15 is 0 Å². The lowest BCUT2D eigenvalue weighted by molar-refractivity contribution is -0.149. The number of nitrogens with two attached hydrogens (primary N) is 1. The zero-order chi connectivity index (χ0) is 30.8. The van der Waals surface area contributed by atoms with E-state index in [9.17, 15) is 9.59 Å². The second-order valence-electron chi connectivity index (χ2n) is 12.6. The Labute approximate surface area is 261 Å². The molecule has 0 spiro atoms. The molecule has 1 atom stereocenters. The molecule has 230 valence electrons. The Bertz CT molecular complexity index is 1220. The van der Waals surface area contributed by atoms with Crippen molar-refractivity contribution >= 4 is 43.3 Å². The smallest absolute Gasteiger partial charge is 0.248 e. The van der Waals surface area contributed by atoms with Crippen molar-refractivity contribution in [2.24, 2.45) is 11.7 Å². The summed E-state index contributed by atoms with van der Waals surface area (Å²) < 4.78 is 12.9. The summed E-state index contributed by atoms with van der Waals surface area (Å²) in [5.41, 5.74) is 8.13. The molecule has 0 bridgehead atoms. The van der Waals surface area contributed by atoms with Gasteiger partial charge in [-0.2, -0.15) is 0 Å². The van der Waals surface area contributed by atoms with Crippen molar-refractivity contribution in [2.75, 3.05) is 19.6 Å². The van der Waals surface area contributed by atoms with E-state index in [4.69, 9.17) is 38.1 Å². The molecule has 2 amide bonds. The summed E-state index contributed by atoms with van der Waals surface area (Å²) in [7, 11) is -1.93. The van der Waals surface area contributed by atoms with Crippen LogP contribution in [0.3, 0.4) is 0 Å². The Kier molecular flexibility index (Phi) is 10.7. The molecule has 2 N–H and O–H groups in total. The van der Waals surface area contributed by atoms with Gasteiger partial charge in [0.25, 0.3) is 0 Å². The van der Waals surface area contributed by atoms with Crippen LogP contribution in [0.5, 0.6) is 11.5 Å². The van der Waals surface area contributed by atoms with Gasteiger partial charge >= 0.3 is 0 Å². The first kappa shape index (κ1) is 32.8. The average Bonchev–Trinajstić information content (AvgIpc) is 3.29. The Morgan fingerprint density at radius 1 is 0.905 bits per heavy atom. The highest BCUT2D eigenvalue weighted by atomic mass is 35.5. The lowest BCUT2D eigenvalue weighted by atomic mass is 9.98. The van der Waals surface area contributed by atoms with Crippen LogP contribution in [0.25, 0.3) is 0 Å². The topological polar surface area (TPSA) is 85.1 Å². The summed E-state index contributed by atoms with van der Waals surface area (Å²) in [5, 5.41) is 5.08. The van der Waals surface area contributed by atoms with E-state index in [1.807, 2.05) is 5.01 Å². The number of rotatable bonds is 11. The van der Waals surface area contributed by atoms with Gasteiger partial charge in [-0.25, -0.2) is 5.01 Å². The van der Waals surface area contributed by atoms with Gasteiger partial charge in [0.15, 0.2) is 0 Å². The summed E-state index contributed by atoms with van der Waals surface area (Å²) in [6.07, 6.45) is 3.38. The second kappa shape index (κ2) is 13.7. The summed E-state index contributed by atoms with van der Waals surface area (Å²) in [6, 6.07) is 9.94. The number of carbonyl (C=O) groups is 2. The Balaban J connectivity index is 1.35. The molecule has 2 aliphatic heterocycles. The predicted molar refractivity (Wildman–Crippen MR) is 172 cm³/mol. The number of nitrogens with zero attached hydrogens (tertiary/aromatic N) is 2. The minimum Gasteiger partial charge on any atom is -0.457 e. The van der Waals surface area contributed by atoms with Gasteiger partial charge in [0.1, 0.15) is 11.5 Å². The van der Waals surface area contributed by atoms with Crippen LogP contribution in [0.1, 0.15) is 76.7 Å². The Morgan fingerprint density at radius 3 is 1.95 bits per heavy atom. The minimum atomic E-state index is -1.93. The van der Waals surface area contributed by atoms with E-state index < -0.39 is 14.2 Å². The molecule has 0 radical (unpaired) electrons. The van der Waals surface area contributed by atoms with Crippen LogP contribution in [-0.4, -0.2) is 55.9 Å². The molecule has 0 aromatic heterocycles. The zero-order valence-corrected chi connectivity index (χ0v) is 28.2. The van der Waals surface area contributed by atoms with E-state index in [-0.39, 0.29) is 17.9 Å². The van der Waals surface area contributed by atoms with Crippen molar-refractivity contribution in [3.63, 3.8) is 0 Å². The molecule has 2 aromatic rings. The van der Waals surface area contributed by atoms with Crippen LogP contribution in [-0.2, 0) is 15.6 Å². The summed E-state index contributed by atoms with van der Waals surface area (Å²) in [4.78, 5) is 24.8. The van der Waals surface area contributed by atoms with Crippen LogP contribution in [0.4, 0.5) is 0 Å². The van der Waals surface area contributed by atoms with Gasteiger partial charge in [-0.15, -0.1) is 0 Å². The van der Waals surface area contributed by atoms with Crippen molar-refractivity contribution in [3.8, 4) is 11.5 Å². The van der Waals surface area contributed by atoms with E-state index in [1.165, 1.54) is 0 Å². The maximum Gasteiger partial charge on any atom is 0.248 e. The fourth-order valence-electron chi connectivity index (χ4n) is 6.99. The van der Waals surface area contributed by atoms with Gasteiger partial charge in [-0.05, 0) is 84.3 Å². The fraction of sp³-hybridized carbons (Fsp3) is 0.562. The van der Waals surface area contributed by atoms with Gasteiger partial charge in [-0.1, -0.05) is 64.7 Å². The molecular weight excluding hydrogens is 589 g/mol. The van der Waals surface area contributed by atoms with Crippen LogP contribution in [0.15, 0.2) is 36.4 Å². The van der Waals surface area contributed by atoms with Gasteiger partial charge < -0.3 is 14.9 Å². The van der Waals surface area contributed by atoms with E-state index in [0.717, 1.165) is 37.9 Å². The minimum absolute atomic E-state index is 0.131. The summed E-state index contributed by atoms with van der Waals surface area (Å²) in [6.45, 7) is 16.3. The molecule has 0 aliphatic carbocycles. The highest BCUT2D eigenvalue weighted by Crippen LogP contribution is 2.44. The van der Waals surface area contributed by atoms with Crippen LogP contribution >= 0.6 is 23.2 Å². The standard InChI is InChI=1S/C32H45Cl2N3O4Si/c1-20(2)42(21(3)4,22(5)6)41-26-12-14-36(15-13-26)37-16-11-24(32(37)39)17-28-29(33)18-27(19-30(28)34)40-25-9-7-23(8-10-25)31(35)38/h7-10,18-22,24,26H,11-17H2,1-6H3,(H2,35,38). The summed E-state index contributed by atoms with van der Waals surface area (Å²) in [5.74, 6) is 0.459. The molecule has 42 heavy (non-hydrogen) atoms. The number of hydrogen-bond acceptors (Lipinski definition) is 5. The van der Waals surface area contributed by atoms with Crippen LogP contribution in [0.2, 0.25) is 26.7 Å². The zero-order valence-electron chi connectivity index (χ0n) is 25.7. The number of carbonyl (C=O) groups excluding carboxylic acids is 2. The number of amides is 2. The Hall–Kier alpha value is -2.10. The van der Waals surface area contributed by atoms with E-state index in [0.29, 0.717) is 56.7 Å². The SMILES string of the molecule is CC(C)[Si](OC1CCN(N2CCC(Cc3c(Cl)cc(Oc4ccc(C(N)=O)cc4)cc3Cl)C2=O)CC1)(C(C)C)C(C)C. The molecule has 2 aliphatic rings. The monoisotopic (exact) mass is 633 g/mol. The van der Waals surface area contributed by atoms with Crippen LogP contribution in [0, 0.1) is 5.92 Å². The number of ether oxygens (including phenoxy) is 1. The molecule has 2 saturated heterocycles. The van der Waals surface area contributed by atoms with Crippen molar-refractivity contribution in [3.05, 3.63) is 57.6 Å². The van der Waals surface area contributed by atoms with Crippen molar-refractivity contribution in [2.45, 2.75) is 90.0 Å². The third-order valence-corrected chi connectivity index (χ3v) is 15.9. The molecule has 2 heterocycles. The van der Waals surface area contributed by atoms with Crippen molar-refractivity contribution < 1.29 is 18.8 Å². The van der Waals surface area contributed by atoms with Crippen molar-refractivity contribution in [1.82, 2.24) is 10.0 Å². The van der Waals surface area contributed by atoms with Gasteiger partial charge in [0, 0.05) is 47.3 Å². The highest BCUT2D eigenvalue weighted by molar-refractivity contribution is 6.77. The predicted octanol–water partition coefficient (Wildman–Crippen LogP) is 7.85. The number of primary amides is 1. The maximum atomic E-state index is 13.5. The lowest BCUT2D eigenvalue weighted by Gasteiger charge is -2.47. The quantitative estimate of drug-likeness (QED) is 0.255. The van der Waals surface area contributed by atoms with E-state index in [2.05, 4.69) is 46.6 Å². The number of benzene rings is 2. The lowest BCUT2D eigenvalue weighted by Crippen LogP contribution is -2.54. The molecular formula is C32H45Cl2N3O4Si. The number of piperidine rings is 1. The Morgan fingerprint density at radius 2 is 1.45 bits per heavy atom. The average molecular weight is 635 g/mol. The third kappa shape index (κ3) is 6.99. The first-order valence-corrected chi connectivity index (χ1v) is 18.0. The third-order valence-electron chi connectivity index (χ3n) is 9.07. The van der Waals surface area contributed by atoms with Gasteiger partial charge in [-0.3, -0.25) is 14.6 Å². The fourth-order valence-corrected chi connectivity index (χ4v) is 13.2. The first-order chi connectivity index (χ1) is 19.8. The van der Waals surface area contributed by atoms with Gasteiger partial charge in [0.2, 0.25) is 20.1 Å². The summed E-state index contributed by atoms with van der Waals surface area (Å²) >= 11 is 13.3. The van der Waals surface area contributed by atoms with E-state index in [1.54, 1.807) is 36.4 Å². The number of hydrogen-bond donors (Lipinski definition) is 1. The largest absolute Gasteiger partial charge is 0.457 e. The van der Waals surface area contributed by atoms with Crippen LogP contribution < -0.4 is 10.5 Å². The number of halogens is 2. The molecule has 0 saturated carbocycles. The molecule has 10 heteroatoms. The molecule has 2 aromatic carbocycles. The first-order valence-electron chi connectivity index (χ1n) is 15.1. The second-order valence-corrected chi connectivity index (χ2v) is 18.8. The molecule has 1 unspecified atom stereocenters. The highest BCUT2D eigenvalue weighted by Gasteiger charge is 2.47. The molecule has 7 nitrogen and oxygen atoms in total. The normalized spacial score (nSPS) is 19.0.